The first-order valence-electron chi connectivity index (χ1n) is 8.27. The molecule has 25 heavy (non-hydrogen) atoms. The van der Waals surface area contributed by atoms with E-state index in [2.05, 4.69) is 4.90 Å². The largest absolute Gasteiger partial charge is 0.457 e. The number of hydrogen-bond donors (Lipinski definition) is 0. The molecule has 6 heteroatoms. The van der Waals surface area contributed by atoms with Gasteiger partial charge in [-0.25, -0.2) is 0 Å². The molecule has 1 aliphatic rings. The summed E-state index contributed by atoms with van der Waals surface area (Å²) in [5.41, 5.74) is 1.87. The van der Waals surface area contributed by atoms with Crippen molar-refractivity contribution >= 4 is 30.2 Å². The minimum absolute atomic E-state index is 0. The quantitative estimate of drug-likeness (QED) is 0.420. The molecule has 2 rings (SSSR count). The summed E-state index contributed by atoms with van der Waals surface area (Å²) < 4.78 is 10.2. The lowest BCUT2D eigenvalue weighted by Crippen LogP contribution is -2.24. The maximum atomic E-state index is 12.4. The number of halogens is 1. The summed E-state index contributed by atoms with van der Waals surface area (Å²) in [6, 6.07) is 7.42. The van der Waals surface area contributed by atoms with Crippen LogP contribution >= 0.6 is 12.4 Å². The number of Topliss-reactive ketones (excluding diaryl/α,β-unsaturated/α-hetero) is 1. The van der Waals surface area contributed by atoms with Crippen molar-refractivity contribution in [2.24, 2.45) is 5.92 Å². The first-order valence-corrected chi connectivity index (χ1v) is 8.27. The molecule has 0 spiro atoms. The zero-order valence-corrected chi connectivity index (χ0v) is 15.8. The Kier molecular flexibility index (Phi) is 8.66. The molecule has 0 amide bonds. The van der Waals surface area contributed by atoms with E-state index in [1.807, 2.05) is 44.4 Å². The van der Waals surface area contributed by atoms with Crippen LogP contribution in [0.3, 0.4) is 0 Å². The first kappa shape index (κ1) is 21.2. The fourth-order valence-corrected chi connectivity index (χ4v) is 2.73. The van der Waals surface area contributed by atoms with Crippen LogP contribution in [0, 0.1) is 5.92 Å². The maximum Gasteiger partial charge on any atom is 0.308 e. The summed E-state index contributed by atoms with van der Waals surface area (Å²) in [5, 5.41) is 0. The molecule has 1 fully saturated rings. The standard InChI is InChI=1S/C19H25NO4.ClH/c1-4-18(21)24-13-23-17-9-5-14(6-10-17)11-15-7-8-16(19(15)22)12-20(2)3;/h5-6,9-11,16H,4,7-8,12-13H2,1-3H3;1H/b15-11-;. The van der Waals surface area contributed by atoms with Crippen LogP contribution in [0.25, 0.3) is 6.08 Å². The van der Waals surface area contributed by atoms with E-state index in [1.54, 1.807) is 6.92 Å². The van der Waals surface area contributed by atoms with Gasteiger partial charge in [-0.1, -0.05) is 19.1 Å². The second kappa shape index (κ2) is 10.2. The highest BCUT2D eigenvalue weighted by Crippen LogP contribution is 2.29. The van der Waals surface area contributed by atoms with Gasteiger partial charge in [-0.3, -0.25) is 9.59 Å². The molecule has 0 radical (unpaired) electrons. The van der Waals surface area contributed by atoms with Crippen molar-refractivity contribution in [1.29, 1.82) is 0 Å². The fraction of sp³-hybridized carbons (Fsp3) is 0.474. The predicted molar refractivity (Wildman–Crippen MR) is 99.8 cm³/mol. The van der Waals surface area contributed by atoms with Crippen LogP contribution in [-0.4, -0.2) is 44.1 Å². The number of esters is 1. The molecule has 0 aliphatic heterocycles. The Balaban J connectivity index is 0.00000312. The van der Waals surface area contributed by atoms with Gasteiger partial charge in [0, 0.05) is 18.9 Å². The summed E-state index contributed by atoms with van der Waals surface area (Å²) >= 11 is 0. The molecular weight excluding hydrogens is 342 g/mol. The van der Waals surface area contributed by atoms with Gasteiger partial charge in [0.2, 0.25) is 6.79 Å². The van der Waals surface area contributed by atoms with Crippen LogP contribution in [0.15, 0.2) is 29.8 Å². The van der Waals surface area contributed by atoms with Gasteiger partial charge in [-0.05, 0) is 56.3 Å². The number of ketones is 1. The van der Waals surface area contributed by atoms with Gasteiger partial charge in [-0.2, -0.15) is 0 Å². The molecule has 1 atom stereocenters. The highest BCUT2D eigenvalue weighted by Gasteiger charge is 2.29. The zero-order valence-electron chi connectivity index (χ0n) is 15.0. The molecule has 1 aromatic rings. The third kappa shape index (κ3) is 6.52. The van der Waals surface area contributed by atoms with Crippen molar-refractivity contribution in [3.8, 4) is 5.75 Å². The molecule has 5 nitrogen and oxygen atoms in total. The molecule has 0 heterocycles. The monoisotopic (exact) mass is 367 g/mol. The van der Waals surface area contributed by atoms with E-state index in [4.69, 9.17) is 9.47 Å². The van der Waals surface area contributed by atoms with Crippen molar-refractivity contribution in [3.63, 3.8) is 0 Å². The van der Waals surface area contributed by atoms with Gasteiger partial charge in [0.25, 0.3) is 0 Å². The predicted octanol–water partition coefficient (Wildman–Crippen LogP) is 3.32. The Morgan fingerprint density at radius 1 is 1.28 bits per heavy atom. The summed E-state index contributed by atoms with van der Waals surface area (Å²) in [6.45, 7) is 2.45. The molecule has 1 aliphatic carbocycles. The van der Waals surface area contributed by atoms with E-state index in [0.29, 0.717) is 12.2 Å². The lowest BCUT2D eigenvalue weighted by molar-refractivity contribution is -0.149. The third-order valence-electron chi connectivity index (χ3n) is 3.99. The van der Waals surface area contributed by atoms with E-state index < -0.39 is 0 Å². The summed E-state index contributed by atoms with van der Waals surface area (Å²) in [6.07, 6.45) is 4.05. The number of hydrogen-bond acceptors (Lipinski definition) is 5. The lowest BCUT2D eigenvalue weighted by atomic mass is 10.0. The van der Waals surface area contributed by atoms with Crippen molar-refractivity contribution < 1.29 is 19.1 Å². The van der Waals surface area contributed by atoms with Crippen LogP contribution in [-0.2, 0) is 14.3 Å². The Hall–Kier alpha value is -1.85. The van der Waals surface area contributed by atoms with Gasteiger partial charge in [0.1, 0.15) is 5.75 Å². The Morgan fingerprint density at radius 3 is 2.56 bits per heavy atom. The van der Waals surface area contributed by atoms with Gasteiger partial charge in [0.05, 0.1) is 0 Å². The Labute approximate surface area is 155 Å². The van der Waals surface area contributed by atoms with E-state index in [9.17, 15) is 9.59 Å². The van der Waals surface area contributed by atoms with Crippen molar-refractivity contribution in [2.75, 3.05) is 27.4 Å². The Bertz CT molecular complexity index is 610. The van der Waals surface area contributed by atoms with E-state index in [-0.39, 0.29) is 36.9 Å². The highest BCUT2D eigenvalue weighted by atomic mass is 35.5. The molecule has 138 valence electrons. The molecule has 1 saturated carbocycles. The summed E-state index contributed by atoms with van der Waals surface area (Å²) in [5.74, 6) is 0.713. The SMILES string of the molecule is CCC(=O)OCOc1ccc(/C=C2/CCC(CN(C)C)C2=O)cc1.Cl. The molecule has 0 bridgehead atoms. The maximum absolute atomic E-state index is 12.4. The molecule has 0 N–H and O–H groups in total. The second-order valence-corrected chi connectivity index (χ2v) is 6.23. The third-order valence-corrected chi connectivity index (χ3v) is 3.99. The number of carbonyl (C=O) groups excluding carboxylic acids is 2. The number of rotatable bonds is 7. The minimum Gasteiger partial charge on any atom is -0.457 e. The zero-order chi connectivity index (χ0) is 17.5. The lowest BCUT2D eigenvalue weighted by Gasteiger charge is -2.13. The number of allylic oxidation sites excluding steroid dienone is 1. The first-order chi connectivity index (χ1) is 11.5. The van der Waals surface area contributed by atoms with Gasteiger partial charge in [0.15, 0.2) is 5.78 Å². The molecular formula is C19H26ClNO4. The summed E-state index contributed by atoms with van der Waals surface area (Å²) in [7, 11) is 3.98. The number of benzene rings is 1. The number of carbonyl (C=O) groups is 2. The molecule has 0 saturated heterocycles. The average molecular weight is 368 g/mol. The summed E-state index contributed by atoms with van der Waals surface area (Å²) in [4.78, 5) is 25.5. The van der Waals surface area contributed by atoms with Crippen LogP contribution in [0.2, 0.25) is 0 Å². The normalized spacial score (nSPS) is 18.3. The molecule has 1 unspecified atom stereocenters. The van der Waals surface area contributed by atoms with Crippen LogP contribution in [0.1, 0.15) is 31.7 Å². The van der Waals surface area contributed by atoms with Crippen LogP contribution in [0.5, 0.6) is 5.75 Å². The average Bonchev–Trinajstić information content (AvgIpc) is 2.89. The van der Waals surface area contributed by atoms with Gasteiger partial charge >= 0.3 is 5.97 Å². The van der Waals surface area contributed by atoms with Crippen LogP contribution in [0.4, 0.5) is 0 Å². The number of nitrogens with zero attached hydrogens (tertiary/aromatic N) is 1. The van der Waals surface area contributed by atoms with E-state index in [1.165, 1.54) is 0 Å². The smallest absolute Gasteiger partial charge is 0.308 e. The minimum atomic E-state index is -0.289. The number of ether oxygens (including phenoxy) is 2. The Morgan fingerprint density at radius 2 is 1.96 bits per heavy atom. The van der Waals surface area contributed by atoms with Gasteiger partial charge < -0.3 is 14.4 Å². The van der Waals surface area contributed by atoms with Crippen molar-refractivity contribution in [3.05, 3.63) is 35.4 Å². The van der Waals surface area contributed by atoms with Crippen molar-refractivity contribution in [2.45, 2.75) is 26.2 Å². The highest BCUT2D eigenvalue weighted by molar-refractivity contribution is 6.03. The second-order valence-electron chi connectivity index (χ2n) is 6.23. The molecule has 1 aromatic carbocycles. The molecule has 0 aromatic heterocycles. The fourth-order valence-electron chi connectivity index (χ4n) is 2.73. The van der Waals surface area contributed by atoms with Crippen LogP contribution < -0.4 is 4.74 Å². The van der Waals surface area contributed by atoms with E-state index >= 15 is 0 Å². The van der Waals surface area contributed by atoms with Gasteiger partial charge in [-0.15, -0.1) is 12.4 Å². The van der Waals surface area contributed by atoms with Crippen molar-refractivity contribution in [1.82, 2.24) is 4.90 Å². The van der Waals surface area contributed by atoms with E-state index in [0.717, 1.165) is 30.5 Å². The topological polar surface area (TPSA) is 55.8 Å².